The van der Waals surface area contributed by atoms with Gasteiger partial charge in [-0.2, -0.15) is 0 Å². The summed E-state index contributed by atoms with van der Waals surface area (Å²) < 4.78 is 1.13. The van der Waals surface area contributed by atoms with Crippen LogP contribution in [0.2, 0.25) is 0 Å². The highest BCUT2D eigenvalue weighted by molar-refractivity contribution is 7.19. The smallest absolute Gasteiger partial charge is 0.321 e. The quantitative estimate of drug-likeness (QED) is 0.657. The molecule has 7 heteroatoms. The molecule has 0 spiro atoms. The molecule has 1 aromatic carbocycles. The minimum atomic E-state index is -0.722. The summed E-state index contributed by atoms with van der Waals surface area (Å²) >= 11 is 2.99. The van der Waals surface area contributed by atoms with Crippen LogP contribution in [0, 0.1) is 0 Å². The van der Waals surface area contributed by atoms with Crippen LogP contribution in [0.5, 0.6) is 0 Å². The number of hydrogen-bond acceptors (Lipinski definition) is 5. The zero-order valence-corrected chi connectivity index (χ0v) is 14.2. The maximum Gasteiger partial charge on any atom is 0.321 e. The molecule has 0 aliphatic carbocycles. The van der Waals surface area contributed by atoms with Crippen molar-refractivity contribution < 1.29 is 9.90 Å². The zero-order chi connectivity index (χ0) is 16.2. The predicted octanol–water partition coefficient (Wildman–Crippen LogP) is 3.78. The number of urea groups is 1. The Hall–Kier alpha value is -1.96. The van der Waals surface area contributed by atoms with E-state index in [-0.39, 0.29) is 12.6 Å². The van der Waals surface area contributed by atoms with Crippen molar-refractivity contribution in [2.75, 3.05) is 11.9 Å². The Kier molecular flexibility index (Phi) is 4.90. The molecule has 0 radical (unpaired) electrons. The lowest BCUT2D eigenvalue weighted by Gasteiger charge is -2.10. The predicted molar refractivity (Wildman–Crippen MR) is 95.3 cm³/mol. The van der Waals surface area contributed by atoms with Crippen molar-refractivity contribution in [2.45, 2.75) is 19.4 Å². The van der Waals surface area contributed by atoms with Gasteiger partial charge in [0.25, 0.3) is 0 Å². The van der Waals surface area contributed by atoms with E-state index in [1.165, 1.54) is 22.7 Å². The van der Waals surface area contributed by atoms with Gasteiger partial charge in [0.15, 0.2) is 5.13 Å². The average Bonchev–Trinajstić information content (AvgIpc) is 3.18. The highest BCUT2D eigenvalue weighted by atomic mass is 32.1. The van der Waals surface area contributed by atoms with Crippen LogP contribution in [-0.4, -0.2) is 22.7 Å². The summed E-state index contributed by atoms with van der Waals surface area (Å²) in [6.07, 6.45) is 1.93. The van der Waals surface area contributed by atoms with Crippen LogP contribution in [-0.2, 0) is 6.42 Å². The Morgan fingerprint density at radius 2 is 2.17 bits per heavy atom. The minimum absolute atomic E-state index is 0.157. The Bertz CT molecular complexity index is 779. The number of amides is 2. The van der Waals surface area contributed by atoms with Gasteiger partial charge in [-0.05, 0) is 23.9 Å². The maximum absolute atomic E-state index is 11.9. The molecule has 0 aliphatic rings. The Labute approximate surface area is 142 Å². The molecular weight excluding hydrogens is 330 g/mol. The molecule has 2 amide bonds. The fraction of sp³-hybridized carbons (Fsp3) is 0.250. The van der Waals surface area contributed by atoms with Gasteiger partial charge in [-0.1, -0.05) is 25.1 Å². The first-order valence-electron chi connectivity index (χ1n) is 7.32. The summed E-state index contributed by atoms with van der Waals surface area (Å²) in [4.78, 5) is 17.9. The van der Waals surface area contributed by atoms with Gasteiger partial charge < -0.3 is 10.4 Å². The number of aliphatic hydroxyl groups excluding tert-OH is 1. The van der Waals surface area contributed by atoms with Crippen molar-refractivity contribution in [1.29, 1.82) is 0 Å². The normalized spacial score (nSPS) is 12.3. The second-order valence-electron chi connectivity index (χ2n) is 5.02. The molecule has 3 rings (SSSR count). The van der Waals surface area contributed by atoms with E-state index in [0.29, 0.717) is 5.13 Å². The molecule has 5 nitrogen and oxygen atoms in total. The number of hydrogen-bond donors (Lipinski definition) is 3. The van der Waals surface area contributed by atoms with Crippen molar-refractivity contribution >= 4 is 43.9 Å². The number of fused-ring (bicyclic) bond motifs is 1. The lowest BCUT2D eigenvalue weighted by molar-refractivity contribution is 0.178. The summed E-state index contributed by atoms with van der Waals surface area (Å²) in [5, 5.41) is 17.3. The second-order valence-corrected chi connectivity index (χ2v) is 7.25. The van der Waals surface area contributed by atoms with E-state index in [0.717, 1.165) is 26.3 Å². The molecule has 1 unspecified atom stereocenters. The summed E-state index contributed by atoms with van der Waals surface area (Å²) in [6, 6.07) is 9.56. The van der Waals surface area contributed by atoms with Crippen LogP contribution in [0.15, 0.2) is 36.5 Å². The lowest BCUT2D eigenvalue weighted by Crippen LogP contribution is -2.32. The van der Waals surface area contributed by atoms with Crippen LogP contribution >= 0.6 is 22.7 Å². The van der Waals surface area contributed by atoms with E-state index in [2.05, 4.69) is 15.6 Å². The molecule has 0 bridgehead atoms. The number of carbonyl (C=O) groups is 1. The Morgan fingerprint density at radius 3 is 2.91 bits per heavy atom. The number of nitrogens with one attached hydrogen (secondary N) is 2. The maximum atomic E-state index is 11.9. The molecule has 0 fully saturated rings. The monoisotopic (exact) mass is 347 g/mol. The molecule has 0 saturated heterocycles. The van der Waals surface area contributed by atoms with Crippen LogP contribution in [0.1, 0.15) is 22.8 Å². The molecule has 3 aromatic rings. The van der Waals surface area contributed by atoms with Gasteiger partial charge in [-0.3, -0.25) is 5.32 Å². The topological polar surface area (TPSA) is 74.2 Å². The molecule has 2 aromatic heterocycles. The molecule has 23 heavy (non-hydrogen) atoms. The Morgan fingerprint density at radius 1 is 1.35 bits per heavy atom. The molecule has 3 N–H and O–H groups in total. The van der Waals surface area contributed by atoms with Gasteiger partial charge in [0.05, 0.1) is 6.54 Å². The average molecular weight is 347 g/mol. The highest BCUT2D eigenvalue weighted by Crippen LogP contribution is 2.29. The van der Waals surface area contributed by atoms with E-state index in [1.807, 2.05) is 37.3 Å². The number of nitrogens with zero attached hydrogens (tertiary/aromatic N) is 1. The number of anilines is 1. The number of rotatable bonds is 5. The number of aryl methyl sites for hydroxylation is 1. The minimum Gasteiger partial charge on any atom is -0.386 e. The van der Waals surface area contributed by atoms with Gasteiger partial charge in [0.1, 0.15) is 6.10 Å². The van der Waals surface area contributed by atoms with Crippen LogP contribution < -0.4 is 10.6 Å². The zero-order valence-electron chi connectivity index (χ0n) is 12.6. The SMILES string of the molecule is CCc1cnc(NC(=O)NCC(O)c2cc3ccccc3s2)s1. The van der Waals surface area contributed by atoms with Gasteiger partial charge in [-0.15, -0.1) is 22.7 Å². The van der Waals surface area contributed by atoms with E-state index in [4.69, 9.17) is 0 Å². The van der Waals surface area contributed by atoms with Crippen LogP contribution in [0.25, 0.3) is 10.1 Å². The molecule has 0 aliphatic heterocycles. The number of carbonyl (C=O) groups excluding carboxylic acids is 1. The van der Waals surface area contributed by atoms with Crippen molar-refractivity contribution in [1.82, 2.24) is 10.3 Å². The standard InChI is InChI=1S/C16H17N3O2S2/c1-2-11-8-18-16(22-11)19-15(21)17-9-12(20)14-7-10-5-3-4-6-13(10)23-14/h3-8,12,20H,2,9H2,1H3,(H2,17,18,19,21). The Balaban J connectivity index is 1.55. The summed E-state index contributed by atoms with van der Waals surface area (Å²) in [5.41, 5.74) is 0. The molecule has 1 atom stereocenters. The first-order valence-corrected chi connectivity index (χ1v) is 8.95. The van der Waals surface area contributed by atoms with Crippen molar-refractivity contribution in [3.05, 3.63) is 46.3 Å². The van der Waals surface area contributed by atoms with E-state index < -0.39 is 6.10 Å². The summed E-state index contributed by atoms with van der Waals surface area (Å²) in [5.74, 6) is 0. The lowest BCUT2D eigenvalue weighted by atomic mass is 10.2. The largest absolute Gasteiger partial charge is 0.386 e. The van der Waals surface area contributed by atoms with Crippen molar-refractivity contribution in [3.8, 4) is 0 Å². The fourth-order valence-corrected chi connectivity index (χ4v) is 3.92. The third kappa shape index (κ3) is 3.87. The summed E-state index contributed by atoms with van der Waals surface area (Å²) in [6.45, 7) is 2.20. The van der Waals surface area contributed by atoms with Gasteiger partial charge in [-0.25, -0.2) is 9.78 Å². The number of thiazole rings is 1. The van der Waals surface area contributed by atoms with Crippen molar-refractivity contribution in [2.24, 2.45) is 0 Å². The van der Waals surface area contributed by atoms with Gasteiger partial charge >= 0.3 is 6.03 Å². The third-order valence-electron chi connectivity index (χ3n) is 3.35. The third-order valence-corrected chi connectivity index (χ3v) is 5.63. The van der Waals surface area contributed by atoms with Crippen LogP contribution in [0.4, 0.5) is 9.93 Å². The molecular formula is C16H17N3O2S2. The molecule has 2 heterocycles. The molecule has 120 valence electrons. The second kappa shape index (κ2) is 7.08. The van der Waals surface area contributed by atoms with Gasteiger partial charge in [0, 0.05) is 20.7 Å². The van der Waals surface area contributed by atoms with E-state index in [9.17, 15) is 9.90 Å². The highest BCUT2D eigenvalue weighted by Gasteiger charge is 2.13. The molecule has 0 saturated carbocycles. The summed E-state index contributed by atoms with van der Waals surface area (Å²) in [7, 11) is 0. The number of thiophene rings is 1. The first kappa shape index (κ1) is 15.9. The fourth-order valence-electron chi connectivity index (χ4n) is 2.13. The van der Waals surface area contributed by atoms with Crippen LogP contribution in [0.3, 0.4) is 0 Å². The first-order chi connectivity index (χ1) is 11.2. The number of benzene rings is 1. The number of aliphatic hydroxyl groups is 1. The van der Waals surface area contributed by atoms with E-state index in [1.54, 1.807) is 6.20 Å². The van der Waals surface area contributed by atoms with Gasteiger partial charge in [0.2, 0.25) is 0 Å². The number of aromatic nitrogens is 1. The van der Waals surface area contributed by atoms with E-state index >= 15 is 0 Å². The van der Waals surface area contributed by atoms with Crippen molar-refractivity contribution in [3.63, 3.8) is 0 Å².